The Morgan fingerprint density at radius 3 is 1.81 bits per heavy atom. The van der Waals surface area contributed by atoms with E-state index in [0.29, 0.717) is 13.1 Å². The first-order valence-corrected chi connectivity index (χ1v) is 8.63. The van der Waals surface area contributed by atoms with Gasteiger partial charge in [0.1, 0.15) is 0 Å². The van der Waals surface area contributed by atoms with Gasteiger partial charge in [-0.2, -0.15) is 8.78 Å². The van der Waals surface area contributed by atoms with E-state index >= 15 is 0 Å². The summed E-state index contributed by atoms with van der Waals surface area (Å²) in [6, 6.07) is 0. The molecule has 2 nitrogen and oxygen atoms in total. The summed E-state index contributed by atoms with van der Waals surface area (Å²) in [5.41, 5.74) is 0. The van der Waals surface area contributed by atoms with Crippen LogP contribution in [0.1, 0.15) is 78.1 Å². The molecule has 0 N–H and O–H groups in total. The molecule has 0 aliphatic heterocycles. The molecule has 5 heteroatoms. The van der Waals surface area contributed by atoms with Gasteiger partial charge in [-0.15, -0.1) is 0 Å². The summed E-state index contributed by atoms with van der Waals surface area (Å²) < 4.78 is 25.3. The first kappa shape index (κ1) is 20.6. The average Bonchev–Trinajstić information content (AvgIpc) is 2.42. The Morgan fingerprint density at radius 1 is 0.952 bits per heavy atom. The van der Waals surface area contributed by atoms with Crippen LogP contribution in [0.25, 0.3) is 0 Å². The van der Waals surface area contributed by atoms with Crippen LogP contribution in [0.2, 0.25) is 0 Å². The van der Waals surface area contributed by atoms with Crippen molar-refractivity contribution in [2.24, 2.45) is 0 Å². The maximum absolute atomic E-state index is 12.6. The maximum Gasteiger partial charge on any atom is 0.322 e. The molecule has 0 aromatic heterocycles. The Labute approximate surface area is 133 Å². The van der Waals surface area contributed by atoms with Crippen molar-refractivity contribution in [3.05, 3.63) is 0 Å². The van der Waals surface area contributed by atoms with E-state index in [1.807, 2.05) is 0 Å². The van der Waals surface area contributed by atoms with Gasteiger partial charge < -0.3 is 4.90 Å². The van der Waals surface area contributed by atoms with Gasteiger partial charge in [0.15, 0.2) is 0 Å². The van der Waals surface area contributed by atoms with E-state index < -0.39 is 11.8 Å². The van der Waals surface area contributed by atoms with Gasteiger partial charge in [-0.25, -0.2) is 0 Å². The van der Waals surface area contributed by atoms with E-state index in [1.54, 1.807) is 4.90 Å². The molecule has 21 heavy (non-hydrogen) atoms. The fraction of sp³-hybridized carbons (Fsp3) is 0.938. The fourth-order valence-corrected chi connectivity index (χ4v) is 2.32. The zero-order valence-electron chi connectivity index (χ0n) is 13.5. The predicted octanol–water partition coefficient (Wildman–Crippen LogP) is 5.59. The van der Waals surface area contributed by atoms with Crippen LogP contribution in [-0.2, 0) is 4.79 Å². The van der Waals surface area contributed by atoms with Crippen molar-refractivity contribution >= 4 is 17.5 Å². The van der Waals surface area contributed by atoms with Crippen LogP contribution >= 0.6 is 11.6 Å². The number of alkyl halides is 3. The lowest BCUT2D eigenvalue weighted by Crippen LogP contribution is -2.33. The van der Waals surface area contributed by atoms with Gasteiger partial charge in [-0.1, -0.05) is 52.4 Å². The van der Waals surface area contributed by atoms with Crippen LogP contribution in [-0.4, -0.2) is 29.3 Å². The van der Waals surface area contributed by atoms with Gasteiger partial charge in [-0.05, 0) is 24.4 Å². The zero-order chi connectivity index (χ0) is 16.1. The van der Waals surface area contributed by atoms with Gasteiger partial charge in [0, 0.05) is 25.9 Å². The largest absolute Gasteiger partial charge is 0.343 e. The van der Waals surface area contributed by atoms with Crippen LogP contribution in [0.3, 0.4) is 0 Å². The molecule has 0 radical (unpaired) electrons. The molecule has 0 saturated carbocycles. The Morgan fingerprint density at radius 2 is 1.43 bits per heavy atom. The van der Waals surface area contributed by atoms with E-state index in [0.717, 1.165) is 51.4 Å². The summed E-state index contributed by atoms with van der Waals surface area (Å²) in [5.74, 6) is -0.191. The SMILES string of the molecule is CCCCCCN(CCCCCC)C(=O)CCC(F)(F)Cl. The van der Waals surface area contributed by atoms with Crippen molar-refractivity contribution in [3.8, 4) is 0 Å². The number of rotatable bonds is 13. The number of carbonyl (C=O) groups excluding carboxylic acids is 1. The molecular weight excluding hydrogens is 296 g/mol. The van der Waals surface area contributed by atoms with Crippen molar-refractivity contribution < 1.29 is 13.6 Å². The molecule has 0 aromatic rings. The first-order chi connectivity index (χ1) is 9.90. The lowest BCUT2D eigenvalue weighted by Gasteiger charge is -2.23. The smallest absolute Gasteiger partial charge is 0.322 e. The summed E-state index contributed by atoms with van der Waals surface area (Å²) in [4.78, 5) is 13.8. The van der Waals surface area contributed by atoms with Crippen molar-refractivity contribution in [1.82, 2.24) is 4.90 Å². The standard InChI is InChI=1S/C16H30ClF2NO/c1-3-5-7-9-13-20(14-10-8-6-4-2)15(21)11-12-16(17,18)19/h3-14H2,1-2H3. The summed E-state index contributed by atoms with van der Waals surface area (Å²) in [7, 11) is 0. The monoisotopic (exact) mass is 325 g/mol. The second-order valence-electron chi connectivity index (χ2n) is 5.62. The van der Waals surface area contributed by atoms with Crippen molar-refractivity contribution in [2.75, 3.05) is 13.1 Å². The quantitative estimate of drug-likeness (QED) is 0.319. The third kappa shape index (κ3) is 13.0. The second-order valence-corrected chi connectivity index (χ2v) is 6.17. The Bertz CT molecular complexity index is 257. The topological polar surface area (TPSA) is 20.3 Å². The van der Waals surface area contributed by atoms with Gasteiger partial charge in [-0.3, -0.25) is 4.79 Å². The average molecular weight is 326 g/mol. The number of halogens is 3. The molecule has 0 aliphatic carbocycles. The van der Waals surface area contributed by atoms with Gasteiger partial charge in [0.2, 0.25) is 5.91 Å². The van der Waals surface area contributed by atoms with Crippen molar-refractivity contribution in [2.45, 2.75) is 83.4 Å². The fourth-order valence-electron chi connectivity index (χ4n) is 2.23. The Balaban J connectivity index is 4.16. The molecule has 0 aromatic carbocycles. The third-order valence-corrected chi connectivity index (χ3v) is 3.73. The highest BCUT2D eigenvalue weighted by atomic mass is 35.5. The van der Waals surface area contributed by atoms with Gasteiger partial charge in [0.25, 0.3) is 0 Å². The number of hydrogen-bond acceptors (Lipinski definition) is 1. The van der Waals surface area contributed by atoms with Crippen LogP contribution < -0.4 is 0 Å². The molecule has 1 amide bonds. The summed E-state index contributed by atoms with van der Waals surface area (Å²) >= 11 is 4.87. The van der Waals surface area contributed by atoms with Gasteiger partial charge >= 0.3 is 5.38 Å². The molecule has 0 saturated heterocycles. The van der Waals surface area contributed by atoms with E-state index in [4.69, 9.17) is 11.6 Å². The second kappa shape index (κ2) is 12.2. The Kier molecular flexibility index (Phi) is 12.0. The zero-order valence-corrected chi connectivity index (χ0v) is 14.2. The molecule has 0 bridgehead atoms. The molecule has 0 atom stereocenters. The number of amides is 1. The third-order valence-electron chi connectivity index (χ3n) is 3.54. The molecular formula is C16H30ClF2NO. The molecule has 126 valence electrons. The molecule has 0 rings (SSSR count). The minimum absolute atomic E-state index is 0.169. The number of carbonyl (C=O) groups is 1. The highest BCUT2D eigenvalue weighted by Gasteiger charge is 2.26. The summed E-state index contributed by atoms with van der Waals surface area (Å²) in [6.45, 7) is 5.63. The number of unbranched alkanes of at least 4 members (excludes halogenated alkanes) is 6. The number of nitrogens with zero attached hydrogens (tertiary/aromatic N) is 1. The highest BCUT2D eigenvalue weighted by molar-refractivity contribution is 6.21. The van der Waals surface area contributed by atoms with Gasteiger partial charge in [0.05, 0.1) is 0 Å². The normalized spacial score (nSPS) is 11.7. The number of hydrogen-bond donors (Lipinski definition) is 0. The molecule has 0 unspecified atom stereocenters. The highest BCUT2D eigenvalue weighted by Crippen LogP contribution is 2.25. The minimum atomic E-state index is -3.27. The predicted molar refractivity (Wildman–Crippen MR) is 84.9 cm³/mol. The lowest BCUT2D eigenvalue weighted by atomic mass is 10.1. The Hall–Kier alpha value is -0.380. The van der Waals surface area contributed by atoms with E-state index in [9.17, 15) is 13.6 Å². The van der Waals surface area contributed by atoms with Crippen LogP contribution in [0.4, 0.5) is 8.78 Å². The lowest BCUT2D eigenvalue weighted by molar-refractivity contribution is -0.132. The van der Waals surface area contributed by atoms with Crippen LogP contribution in [0.15, 0.2) is 0 Å². The molecule has 0 spiro atoms. The van der Waals surface area contributed by atoms with E-state index in [1.165, 1.54) is 0 Å². The first-order valence-electron chi connectivity index (χ1n) is 8.25. The van der Waals surface area contributed by atoms with Crippen molar-refractivity contribution in [3.63, 3.8) is 0 Å². The molecule has 0 aliphatic rings. The van der Waals surface area contributed by atoms with E-state index in [-0.39, 0.29) is 12.3 Å². The summed E-state index contributed by atoms with van der Waals surface area (Å²) in [5, 5.41) is -3.27. The van der Waals surface area contributed by atoms with Crippen LogP contribution in [0, 0.1) is 0 Å². The molecule has 0 heterocycles. The summed E-state index contributed by atoms with van der Waals surface area (Å²) in [6.07, 6.45) is 7.91. The minimum Gasteiger partial charge on any atom is -0.343 e. The maximum atomic E-state index is 12.6. The van der Waals surface area contributed by atoms with E-state index in [2.05, 4.69) is 13.8 Å². The molecule has 0 fully saturated rings. The van der Waals surface area contributed by atoms with Crippen molar-refractivity contribution in [1.29, 1.82) is 0 Å². The van der Waals surface area contributed by atoms with Crippen LogP contribution in [0.5, 0.6) is 0 Å².